The third-order valence-corrected chi connectivity index (χ3v) is 5.56. The van der Waals surface area contributed by atoms with Gasteiger partial charge in [0.05, 0.1) is 0 Å². The summed E-state index contributed by atoms with van der Waals surface area (Å²) in [6, 6.07) is 2.04. The molecule has 3 nitrogen and oxygen atoms in total. The van der Waals surface area contributed by atoms with Gasteiger partial charge >= 0.3 is 0 Å². The zero-order chi connectivity index (χ0) is 12.0. The summed E-state index contributed by atoms with van der Waals surface area (Å²) in [4.78, 5) is 5.26. The topological polar surface area (TPSA) is 32.5 Å². The van der Waals surface area contributed by atoms with Gasteiger partial charge in [-0.05, 0) is 45.1 Å². The van der Waals surface area contributed by atoms with E-state index in [-0.39, 0.29) is 0 Å². The molecular formula is C14H27N3. The van der Waals surface area contributed by atoms with Crippen LogP contribution < -0.4 is 5.73 Å². The van der Waals surface area contributed by atoms with E-state index in [1.54, 1.807) is 0 Å². The van der Waals surface area contributed by atoms with Gasteiger partial charge in [0.15, 0.2) is 0 Å². The van der Waals surface area contributed by atoms with Crippen LogP contribution in [0, 0.1) is 11.8 Å². The van der Waals surface area contributed by atoms with Gasteiger partial charge in [-0.15, -0.1) is 0 Å². The highest BCUT2D eigenvalue weighted by molar-refractivity contribution is 4.97. The molecule has 3 heteroatoms. The molecule has 2 aliphatic heterocycles. The second-order valence-electron chi connectivity index (χ2n) is 6.65. The van der Waals surface area contributed by atoms with E-state index in [9.17, 15) is 0 Å². The van der Waals surface area contributed by atoms with Crippen molar-refractivity contribution in [3.8, 4) is 0 Å². The molecule has 0 aromatic rings. The summed E-state index contributed by atoms with van der Waals surface area (Å²) < 4.78 is 0. The Labute approximate surface area is 105 Å². The first-order chi connectivity index (χ1) is 8.15. The van der Waals surface area contributed by atoms with Crippen LogP contribution in [0.25, 0.3) is 0 Å². The molecule has 2 saturated heterocycles. The lowest BCUT2D eigenvalue weighted by molar-refractivity contribution is 0.228. The lowest BCUT2D eigenvalue weighted by Crippen LogP contribution is -2.39. The molecule has 0 aromatic carbocycles. The fourth-order valence-corrected chi connectivity index (χ4v) is 4.27. The Kier molecular flexibility index (Phi) is 3.18. The van der Waals surface area contributed by atoms with Crippen molar-refractivity contribution in [3.63, 3.8) is 0 Å². The van der Waals surface area contributed by atoms with Crippen molar-refractivity contribution in [2.45, 2.75) is 50.7 Å². The van der Waals surface area contributed by atoms with Gasteiger partial charge in [0.1, 0.15) is 0 Å². The first-order valence-corrected chi connectivity index (χ1v) is 7.35. The van der Waals surface area contributed by atoms with Gasteiger partial charge in [-0.2, -0.15) is 0 Å². The van der Waals surface area contributed by atoms with Gasteiger partial charge in [0, 0.05) is 37.8 Å². The average molecular weight is 237 g/mol. The van der Waals surface area contributed by atoms with E-state index in [1.807, 2.05) is 0 Å². The predicted octanol–water partition coefficient (Wildman–Crippen LogP) is 1.14. The third-order valence-electron chi connectivity index (χ3n) is 5.56. The van der Waals surface area contributed by atoms with Crippen molar-refractivity contribution in [2.75, 3.05) is 26.7 Å². The molecular weight excluding hydrogens is 210 g/mol. The molecule has 3 fully saturated rings. The zero-order valence-electron chi connectivity index (χ0n) is 11.3. The number of fused-ring (bicyclic) bond motifs is 1. The maximum atomic E-state index is 6.30. The number of hydrogen-bond donors (Lipinski definition) is 1. The number of rotatable bonds is 1. The van der Waals surface area contributed by atoms with Crippen molar-refractivity contribution < 1.29 is 0 Å². The minimum absolute atomic E-state index is 0.482. The summed E-state index contributed by atoms with van der Waals surface area (Å²) in [6.07, 6.45) is 5.39. The lowest BCUT2D eigenvalue weighted by atomic mass is 9.78. The second-order valence-corrected chi connectivity index (χ2v) is 6.65. The van der Waals surface area contributed by atoms with Crippen LogP contribution in [0.5, 0.6) is 0 Å². The Morgan fingerprint density at radius 1 is 1.12 bits per heavy atom. The quantitative estimate of drug-likeness (QED) is 0.742. The summed E-state index contributed by atoms with van der Waals surface area (Å²) >= 11 is 0. The van der Waals surface area contributed by atoms with Gasteiger partial charge in [-0.1, -0.05) is 6.42 Å². The minimum Gasteiger partial charge on any atom is -0.327 e. The van der Waals surface area contributed by atoms with Gasteiger partial charge in [-0.25, -0.2) is 0 Å². The summed E-state index contributed by atoms with van der Waals surface area (Å²) in [5, 5.41) is 0. The molecule has 0 bridgehead atoms. The van der Waals surface area contributed by atoms with Gasteiger partial charge in [-0.3, -0.25) is 4.90 Å². The highest BCUT2D eigenvalue weighted by Gasteiger charge is 2.42. The predicted molar refractivity (Wildman–Crippen MR) is 70.9 cm³/mol. The van der Waals surface area contributed by atoms with Crippen molar-refractivity contribution in [1.82, 2.24) is 9.80 Å². The van der Waals surface area contributed by atoms with Crippen LogP contribution in [-0.4, -0.2) is 54.6 Å². The molecule has 0 amide bonds. The smallest absolute Gasteiger partial charge is 0.0238 e. The SMILES string of the molecule is CC1CC(N2CC3CCCC(N)C3C2)CN1C. The molecule has 17 heavy (non-hydrogen) atoms. The van der Waals surface area contributed by atoms with E-state index >= 15 is 0 Å². The molecule has 3 rings (SSSR count). The first-order valence-electron chi connectivity index (χ1n) is 7.35. The fraction of sp³-hybridized carbons (Fsp3) is 1.00. The maximum Gasteiger partial charge on any atom is 0.0238 e. The number of likely N-dealkylation sites (tertiary alicyclic amines) is 2. The largest absolute Gasteiger partial charge is 0.327 e. The second kappa shape index (κ2) is 4.52. The molecule has 1 aliphatic carbocycles. The van der Waals surface area contributed by atoms with Gasteiger partial charge in [0.25, 0.3) is 0 Å². The lowest BCUT2D eigenvalue weighted by Gasteiger charge is -2.30. The van der Waals surface area contributed by atoms with Crippen LogP contribution in [0.2, 0.25) is 0 Å². The molecule has 2 heterocycles. The number of hydrogen-bond acceptors (Lipinski definition) is 3. The summed E-state index contributed by atoms with van der Waals surface area (Å²) in [6.45, 7) is 6.21. The van der Waals surface area contributed by atoms with Crippen LogP contribution >= 0.6 is 0 Å². The molecule has 0 radical (unpaired) electrons. The fourth-order valence-electron chi connectivity index (χ4n) is 4.27. The Balaban J connectivity index is 1.63. The molecule has 5 unspecified atom stereocenters. The highest BCUT2D eigenvalue weighted by atomic mass is 15.3. The first kappa shape index (κ1) is 11.9. The van der Waals surface area contributed by atoms with Crippen LogP contribution in [0.15, 0.2) is 0 Å². The van der Waals surface area contributed by atoms with Crippen molar-refractivity contribution in [3.05, 3.63) is 0 Å². The van der Waals surface area contributed by atoms with Crippen LogP contribution in [0.4, 0.5) is 0 Å². The Morgan fingerprint density at radius 2 is 1.94 bits per heavy atom. The molecule has 98 valence electrons. The maximum absolute atomic E-state index is 6.30. The van der Waals surface area contributed by atoms with Gasteiger partial charge in [0.2, 0.25) is 0 Å². The van der Waals surface area contributed by atoms with E-state index in [0.29, 0.717) is 6.04 Å². The number of nitrogens with two attached hydrogens (primary N) is 1. The normalized spacial score (nSPS) is 48.5. The monoisotopic (exact) mass is 237 g/mol. The van der Waals surface area contributed by atoms with E-state index in [0.717, 1.165) is 23.9 Å². The van der Waals surface area contributed by atoms with Crippen molar-refractivity contribution >= 4 is 0 Å². The zero-order valence-corrected chi connectivity index (χ0v) is 11.3. The van der Waals surface area contributed by atoms with E-state index < -0.39 is 0 Å². The summed E-state index contributed by atoms with van der Waals surface area (Å²) in [5.41, 5.74) is 6.30. The molecule has 5 atom stereocenters. The van der Waals surface area contributed by atoms with Crippen molar-refractivity contribution in [2.24, 2.45) is 17.6 Å². The molecule has 1 saturated carbocycles. The number of nitrogens with zero attached hydrogens (tertiary/aromatic N) is 2. The van der Waals surface area contributed by atoms with Gasteiger partial charge < -0.3 is 10.6 Å². The minimum atomic E-state index is 0.482. The Morgan fingerprint density at radius 3 is 2.59 bits per heavy atom. The molecule has 0 aromatic heterocycles. The third kappa shape index (κ3) is 2.13. The standard InChI is InChI=1S/C14H27N3/c1-10-6-12(8-16(10)2)17-7-11-4-3-5-14(15)13(11)9-17/h10-14H,3-9,15H2,1-2H3. The molecule has 2 N–H and O–H groups in total. The summed E-state index contributed by atoms with van der Waals surface area (Å²) in [5.74, 6) is 1.70. The molecule has 3 aliphatic rings. The van der Waals surface area contributed by atoms with Crippen LogP contribution in [-0.2, 0) is 0 Å². The Hall–Kier alpha value is -0.120. The average Bonchev–Trinajstić information content (AvgIpc) is 2.85. The van der Waals surface area contributed by atoms with Crippen LogP contribution in [0.3, 0.4) is 0 Å². The van der Waals surface area contributed by atoms with Crippen LogP contribution in [0.1, 0.15) is 32.6 Å². The summed E-state index contributed by atoms with van der Waals surface area (Å²) in [7, 11) is 2.26. The number of likely N-dealkylation sites (N-methyl/N-ethyl adjacent to an activating group) is 1. The van der Waals surface area contributed by atoms with E-state index in [2.05, 4.69) is 23.8 Å². The van der Waals surface area contributed by atoms with Crippen molar-refractivity contribution in [1.29, 1.82) is 0 Å². The highest BCUT2D eigenvalue weighted by Crippen LogP contribution is 2.37. The van der Waals surface area contributed by atoms with E-state index in [4.69, 9.17) is 5.73 Å². The Bertz CT molecular complexity index is 271. The van der Waals surface area contributed by atoms with E-state index in [1.165, 1.54) is 45.3 Å². The molecule has 0 spiro atoms.